The van der Waals surface area contributed by atoms with Gasteiger partial charge in [0, 0.05) is 6.54 Å². The van der Waals surface area contributed by atoms with Crippen molar-refractivity contribution >= 4 is 31.9 Å². The summed E-state index contributed by atoms with van der Waals surface area (Å²) in [5, 5.41) is 3.42. The van der Waals surface area contributed by atoms with Crippen LogP contribution in [0.15, 0.2) is 21.1 Å². The van der Waals surface area contributed by atoms with Crippen LogP contribution in [0.2, 0.25) is 0 Å². The highest BCUT2D eigenvalue weighted by Crippen LogP contribution is 2.37. The van der Waals surface area contributed by atoms with Gasteiger partial charge in [-0.1, -0.05) is 13.3 Å². The Morgan fingerprint density at radius 2 is 1.80 bits per heavy atom. The van der Waals surface area contributed by atoms with Crippen molar-refractivity contribution in [2.45, 2.75) is 58.1 Å². The summed E-state index contributed by atoms with van der Waals surface area (Å²) >= 11 is 7.30. The minimum atomic E-state index is 0.375. The first-order chi connectivity index (χ1) is 9.70. The molecule has 1 aliphatic rings. The molecule has 0 bridgehead atoms. The van der Waals surface area contributed by atoms with Gasteiger partial charge in [0.05, 0.1) is 15.0 Å². The van der Waals surface area contributed by atoms with E-state index in [1.807, 2.05) is 0 Å². The van der Waals surface area contributed by atoms with Crippen molar-refractivity contribution in [3.63, 3.8) is 0 Å². The van der Waals surface area contributed by atoms with Crippen molar-refractivity contribution in [1.82, 2.24) is 5.32 Å². The molecule has 20 heavy (non-hydrogen) atoms. The quantitative estimate of drug-likeness (QED) is 0.638. The fourth-order valence-electron chi connectivity index (χ4n) is 2.59. The van der Waals surface area contributed by atoms with Gasteiger partial charge in [-0.3, -0.25) is 0 Å². The molecular weight excluding hydrogens is 382 g/mol. The molecule has 0 heterocycles. The third kappa shape index (κ3) is 4.74. The van der Waals surface area contributed by atoms with E-state index in [0.717, 1.165) is 34.2 Å². The summed E-state index contributed by atoms with van der Waals surface area (Å²) in [6.45, 7) is 4.13. The van der Waals surface area contributed by atoms with Crippen LogP contribution >= 0.6 is 31.9 Å². The van der Waals surface area contributed by atoms with E-state index in [1.54, 1.807) is 0 Å². The van der Waals surface area contributed by atoms with Crippen LogP contribution in [0.1, 0.15) is 51.0 Å². The third-order valence-corrected chi connectivity index (χ3v) is 4.83. The van der Waals surface area contributed by atoms with E-state index in [2.05, 4.69) is 56.2 Å². The Hall–Kier alpha value is -0.0600. The molecule has 1 aromatic rings. The molecular formula is C16H23Br2NO. The Kier molecular flexibility index (Phi) is 6.85. The number of rotatable bonds is 6. The van der Waals surface area contributed by atoms with Gasteiger partial charge in [-0.25, -0.2) is 0 Å². The molecule has 0 unspecified atom stereocenters. The highest BCUT2D eigenvalue weighted by atomic mass is 79.9. The van der Waals surface area contributed by atoms with Crippen molar-refractivity contribution in [2.24, 2.45) is 0 Å². The molecule has 1 saturated carbocycles. The van der Waals surface area contributed by atoms with Gasteiger partial charge in [0.2, 0.25) is 0 Å². The number of halogens is 2. The molecule has 1 fully saturated rings. The van der Waals surface area contributed by atoms with Gasteiger partial charge in [-0.2, -0.15) is 0 Å². The van der Waals surface area contributed by atoms with E-state index in [9.17, 15) is 0 Å². The lowest BCUT2D eigenvalue weighted by molar-refractivity contribution is 0.153. The Balaban J connectivity index is 2.01. The van der Waals surface area contributed by atoms with Gasteiger partial charge >= 0.3 is 0 Å². The van der Waals surface area contributed by atoms with Crippen LogP contribution in [0, 0.1) is 0 Å². The van der Waals surface area contributed by atoms with E-state index in [4.69, 9.17) is 4.74 Å². The summed E-state index contributed by atoms with van der Waals surface area (Å²) in [4.78, 5) is 0. The number of ether oxygens (including phenoxy) is 1. The third-order valence-electron chi connectivity index (χ3n) is 3.65. The lowest BCUT2D eigenvalue weighted by Gasteiger charge is -2.24. The summed E-state index contributed by atoms with van der Waals surface area (Å²) in [7, 11) is 0. The molecule has 2 nitrogen and oxygen atoms in total. The molecule has 0 aromatic heterocycles. The molecule has 0 spiro atoms. The van der Waals surface area contributed by atoms with Crippen molar-refractivity contribution in [1.29, 1.82) is 0 Å². The molecule has 0 aliphatic heterocycles. The molecule has 2 rings (SSSR count). The zero-order valence-corrected chi connectivity index (χ0v) is 15.2. The maximum absolute atomic E-state index is 6.18. The first kappa shape index (κ1) is 16.3. The standard InChI is InChI=1S/C16H23Br2NO/c1-2-8-19-11-12-9-14(17)16(15(18)10-12)20-13-6-4-3-5-7-13/h9-10,13,19H,2-8,11H2,1H3. The van der Waals surface area contributed by atoms with Gasteiger partial charge in [0.1, 0.15) is 5.75 Å². The van der Waals surface area contributed by atoms with Crippen LogP contribution < -0.4 is 10.1 Å². The van der Waals surface area contributed by atoms with E-state index in [-0.39, 0.29) is 0 Å². The van der Waals surface area contributed by atoms with Crippen LogP contribution in [0.25, 0.3) is 0 Å². The SMILES string of the molecule is CCCNCc1cc(Br)c(OC2CCCCC2)c(Br)c1. The van der Waals surface area contributed by atoms with Crippen molar-refractivity contribution < 1.29 is 4.74 Å². The normalized spacial score (nSPS) is 16.4. The van der Waals surface area contributed by atoms with E-state index in [0.29, 0.717) is 6.10 Å². The summed E-state index contributed by atoms with van der Waals surface area (Å²) in [6.07, 6.45) is 7.82. The first-order valence-electron chi connectivity index (χ1n) is 7.56. The average molecular weight is 405 g/mol. The number of hydrogen-bond donors (Lipinski definition) is 1. The second-order valence-electron chi connectivity index (χ2n) is 5.44. The van der Waals surface area contributed by atoms with Crippen LogP contribution in [0.3, 0.4) is 0 Å². The minimum Gasteiger partial charge on any atom is -0.488 e. The van der Waals surface area contributed by atoms with Crippen molar-refractivity contribution in [2.75, 3.05) is 6.54 Å². The van der Waals surface area contributed by atoms with Crippen LogP contribution in [0.5, 0.6) is 5.75 Å². The topological polar surface area (TPSA) is 21.3 Å². The fraction of sp³-hybridized carbons (Fsp3) is 0.625. The Morgan fingerprint density at radius 3 is 2.40 bits per heavy atom. The van der Waals surface area contributed by atoms with Gasteiger partial charge in [0.25, 0.3) is 0 Å². The zero-order valence-electron chi connectivity index (χ0n) is 12.1. The van der Waals surface area contributed by atoms with Crippen LogP contribution in [0.4, 0.5) is 0 Å². The molecule has 0 saturated heterocycles. The Morgan fingerprint density at radius 1 is 1.15 bits per heavy atom. The average Bonchev–Trinajstić information content (AvgIpc) is 2.44. The molecule has 112 valence electrons. The zero-order chi connectivity index (χ0) is 14.4. The molecule has 1 aromatic carbocycles. The monoisotopic (exact) mass is 403 g/mol. The summed E-state index contributed by atoms with van der Waals surface area (Å²) in [6, 6.07) is 4.32. The maximum atomic E-state index is 6.18. The molecule has 0 amide bonds. The number of benzene rings is 1. The fourth-order valence-corrected chi connectivity index (χ4v) is 4.05. The second-order valence-corrected chi connectivity index (χ2v) is 7.15. The predicted molar refractivity (Wildman–Crippen MR) is 91.3 cm³/mol. The van der Waals surface area contributed by atoms with Gasteiger partial charge in [-0.05, 0) is 88.2 Å². The van der Waals surface area contributed by atoms with E-state index >= 15 is 0 Å². The van der Waals surface area contributed by atoms with Crippen LogP contribution in [-0.4, -0.2) is 12.6 Å². The maximum Gasteiger partial charge on any atom is 0.148 e. The van der Waals surface area contributed by atoms with Crippen molar-refractivity contribution in [3.05, 3.63) is 26.6 Å². The molecule has 0 atom stereocenters. The smallest absolute Gasteiger partial charge is 0.148 e. The highest BCUT2D eigenvalue weighted by molar-refractivity contribution is 9.11. The number of hydrogen-bond acceptors (Lipinski definition) is 2. The van der Waals surface area contributed by atoms with E-state index in [1.165, 1.54) is 37.7 Å². The largest absolute Gasteiger partial charge is 0.488 e. The summed E-state index contributed by atoms with van der Waals surface area (Å²) in [5.41, 5.74) is 1.27. The number of nitrogens with one attached hydrogen (secondary N) is 1. The summed E-state index contributed by atoms with van der Waals surface area (Å²) in [5.74, 6) is 0.955. The van der Waals surface area contributed by atoms with E-state index < -0.39 is 0 Å². The van der Waals surface area contributed by atoms with Gasteiger partial charge < -0.3 is 10.1 Å². The summed E-state index contributed by atoms with van der Waals surface area (Å²) < 4.78 is 8.28. The Labute approximate surface area is 138 Å². The van der Waals surface area contributed by atoms with Crippen molar-refractivity contribution in [3.8, 4) is 5.75 Å². The molecule has 4 heteroatoms. The molecule has 1 N–H and O–H groups in total. The highest BCUT2D eigenvalue weighted by Gasteiger charge is 2.18. The lowest BCUT2D eigenvalue weighted by Crippen LogP contribution is -2.20. The Bertz CT molecular complexity index is 407. The molecule has 1 aliphatic carbocycles. The first-order valence-corrected chi connectivity index (χ1v) is 9.14. The van der Waals surface area contributed by atoms with Gasteiger partial charge in [-0.15, -0.1) is 0 Å². The van der Waals surface area contributed by atoms with Crippen LogP contribution in [-0.2, 0) is 6.54 Å². The second kappa shape index (κ2) is 8.40. The minimum absolute atomic E-state index is 0.375. The predicted octanol–water partition coefficient (Wildman–Crippen LogP) is 5.42. The van der Waals surface area contributed by atoms with Gasteiger partial charge in [0.15, 0.2) is 0 Å². The lowest BCUT2D eigenvalue weighted by atomic mass is 9.98. The molecule has 0 radical (unpaired) electrons.